The Bertz CT molecular complexity index is 488. The van der Waals surface area contributed by atoms with Gasteiger partial charge in [0.1, 0.15) is 0 Å². The molecule has 1 fully saturated rings. The van der Waals surface area contributed by atoms with E-state index in [0.29, 0.717) is 24.1 Å². The average Bonchev–Trinajstić information content (AvgIpc) is 2.42. The molecule has 0 amide bonds. The van der Waals surface area contributed by atoms with Crippen LogP contribution in [0, 0.1) is 17.6 Å². The highest BCUT2D eigenvalue weighted by Crippen LogP contribution is 2.25. The molecule has 0 saturated carbocycles. The van der Waals surface area contributed by atoms with Crippen LogP contribution in [0.1, 0.15) is 39.7 Å². The summed E-state index contributed by atoms with van der Waals surface area (Å²) >= 11 is 0. The molecule has 1 aliphatic rings. The lowest BCUT2D eigenvalue weighted by Crippen LogP contribution is -2.62. The third kappa shape index (κ3) is 3.80. The fourth-order valence-electron chi connectivity index (χ4n) is 3.09. The summed E-state index contributed by atoms with van der Waals surface area (Å²) in [6.45, 7) is 10.9. The van der Waals surface area contributed by atoms with E-state index in [1.165, 1.54) is 6.07 Å². The zero-order chi connectivity index (χ0) is 15.6. The van der Waals surface area contributed by atoms with Crippen molar-refractivity contribution in [1.29, 1.82) is 0 Å². The first kappa shape index (κ1) is 16.4. The van der Waals surface area contributed by atoms with Gasteiger partial charge in [0.25, 0.3) is 0 Å². The van der Waals surface area contributed by atoms with Crippen molar-refractivity contribution in [3.8, 4) is 0 Å². The first-order valence-corrected chi connectivity index (χ1v) is 7.76. The normalized spacial score (nSPS) is 24.0. The van der Waals surface area contributed by atoms with Crippen LogP contribution in [0.15, 0.2) is 18.2 Å². The average molecular weight is 296 g/mol. The summed E-state index contributed by atoms with van der Waals surface area (Å²) < 4.78 is 27.3. The lowest BCUT2D eigenvalue weighted by Gasteiger charge is -2.46. The summed E-state index contributed by atoms with van der Waals surface area (Å²) in [4.78, 5) is 2.29. The van der Waals surface area contributed by atoms with Crippen molar-refractivity contribution in [3.05, 3.63) is 35.4 Å². The van der Waals surface area contributed by atoms with Crippen molar-refractivity contribution < 1.29 is 8.78 Å². The van der Waals surface area contributed by atoms with Crippen LogP contribution in [0.2, 0.25) is 0 Å². The summed E-state index contributed by atoms with van der Waals surface area (Å²) in [6.07, 6.45) is 1.08. The molecule has 2 rings (SSSR count). The Morgan fingerprint density at radius 2 is 2.10 bits per heavy atom. The zero-order valence-electron chi connectivity index (χ0n) is 13.4. The molecule has 1 aromatic carbocycles. The fourth-order valence-corrected chi connectivity index (χ4v) is 3.09. The highest BCUT2D eigenvalue weighted by molar-refractivity contribution is 5.19. The van der Waals surface area contributed by atoms with Crippen LogP contribution in [0.5, 0.6) is 0 Å². The standard InChI is InChI=1S/C17H26F2N2/c1-5-12(2)15-9-20-17(3,4)11-21(15)10-13-7-6-8-14(18)16(13)19/h6-8,12,15,20H,5,9-11H2,1-4H3. The Balaban J connectivity index is 2.21. The van der Waals surface area contributed by atoms with Crippen molar-refractivity contribution in [2.75, 3.05) is 13.1 Å². The van der Waals surface area contributed by atoms with E-state index in [2.05, 4.69) is 37.9 Å². The SMILES string of the molecule is CCC(C)C1CNC(C)(C)CN1Cc1cccc(F)c1F. The second kappa shape index (κ2) is 6.41. The predicted octanol–water partition coefficient (Wildman–Crippen LogP) is 3.56. The monoisotopic (exact) mass is 296 g/mol. The molecule has 1 aromatic rings. The van der Waals surface area contributed by atoms with Gasteiger partial charge >= 0.3 is 0 Å². The molecule has 1 N–H and O–H groups in total. The second-order valence-corrected chi connectivity index (χ2v) is 6.84. The van der Waals surface area contributed by atoms with Gasteiger partial charge in [0.15, 0.2) is 11.6 Å². The maximum Gasteiger partial charge on any atom is 0.163 e. The second-order valence-electron chi connectivity index (χ2n) is 6.84. The van der Waals surface area contributed by atoms with Crippen molar-refractivity contribution >= 4 is 0 Å². The number of rotatable bonds is 4. The number of nitrogens with one attached hydrogen (secondary N) is 1. The maximum atomic E-state index is 13.9. The maximum absolute atomic E-state index is 13.9. The highest BCUT2D eigenvalue weighted by Gasteiger charge is 2.35. The zero-order valence-corrected chi connectivity index (χ0v) is 13.4. The smallest absolute Gasteiger partial charge is 0.163 e. The summed E-state index contributed by atoms with van der Waals surface area (Å²) in [5.41, 5.74) is 0.439. The molecule has 1 saturated heterocycles. The molecular formula is C17H26F2N2. The van der Waals surface area contributed by atoms with Gasteiger partial charge in [-0.05, 0) is 25.8 Å². The number of piperazine rings is 1. The van der Waals surface area contributed by atoms with Crippen LogP contribution in [0.4, 0.5) is 8.78 Å². The molecule has 118 valence electrons. The Morgan fingerprint density at radius 3 is 2.76 bits per heavy atom. The molecule has 4 heteroatoms. The van der Waals surface area contributed by atoms with Crippen molar-refractivity contribution in [1.82, 2.24) is 10.2 Å². The number of halogens is 2. The minimum Gasteiger partial charge on any atom is -0.309 e. The lowest BCUT2D eigenvalue weighted by atomic mass is 9.90. The predicted molar refractivity (Wildman–Crippen MR) is 82.1 cm³/mol. The minimum atomic E-state index is -0.762. The molecule has 0 aromatic heterocycles. The van der Waals surface area contributed by atoms with Gasteiger partial charge in [-0.2, -0.15) is 0 Å². The number of benzene rings is 1. The number of hydrogen-bond acceptors (Lipinski definition) is 2. The highest BCUT2D eigenvalue weighted by atomic mass is 19.2. The quantitative estimate of drug-likeness (QED) is 0.914. The first-order valence-electron chi connectivity index (χ1n) is 7.76. The Morgan fingerprint density at radius 1 is 1.38 bits per heavy atom. The minimum absolute atomic E-state index is 0.00619. The molecule has 0 spiro atoms. The molecule has 1 aliphatic heterocycles. The largest absolute Gasteiger partial charge is 0.309 e. The van der Waals surface area contributed by atoms with E-state index in [4.69, 9.17) is 0 Å². The van der Waals surface area contributed by atoms with Gasteiger partial charge in [0.2, 0.25) is 0 Å². The molecule has 21 heavy (non-hydrogen) atoms. The van der Waals surface area contributed by atoms with E-state index < -0.39 is 11.6 Å². The Labute approximate surface area is 126 Å². The van der Waals surface area contributed by atoms with Crippen LogP contribution in [0.25, 0.3) is 0 Å². The summed E-state index contributed by atoms with van der Waals surface area (Å²) in [7, 11) is 0. The molecule has 2 atom stereocenters. The van der Waals surface area contributed by atoms with Crippen LogP contribution >= 0.6 is 0 Å². The lowest BCUT2D eigenvalue weighted by molar-refractivity contribution is 0.0561. The van der Waals surface area contributed by atoms with Crippen LogP contribution < -0.4 is 5.32 Å². The molecule has 0 radical (unpaired) electrons. The Hall–Kier alpha value is -1.00. The van der Waals surface area contributed by atoms with Gasteiger partial charge in [-0.15, -0.1) is 0 Å². The molecule has 2 nitrogen and oxygen atoms in total. The van der Waals surface area contributed by atoms with E-state index in [1.54, 1.807) is 12.1 Å². The number of nitrogens with zero attached hydrogens (tertiary/aromatic N) is 1. The van der Waals surface area contributed by atoms with Gasteiger partial charge < -0.3 is 5.32 Å². The van der Waals surface area contributed by atoms with E-state index in [0.717, 1.165) is 19.5 Å². The first-order chi connectivity index (χ1) is 9.84. The summed E-state index contributed by atoms with van der Waals surface area (Å²) in [5.74, 6) is -0.955. The third-order valence-electron chi connectivity index (χ3n) is 4.56. The fraction of sp³-hybridized carbons (Fsp3) is 0.647. The van der Waals surface area contributed by atoms with Crippen LogP contribution in [0.3, 0.4) is 0 Å². The van der Waals surface area contributed by atoms with E-state index >= 15 is 0 Å². The van der Waals surface area contributed by atoms with Crippen LogP contribution in [-0.2, 0) is 6.54 Å². The van der Waals surface area contributed by atoms with E-state index in [9.17, 15) is 8.78 Å². The van der Waals surface area contributed by atoms with Gasteiger partial charge in [-0.25, -0.2) is 8.78 Å². The Kier molecular flexibility index (Phi) is 4.99. The molecular weight excluding hydrogens is 270 g/mol. The number of hydrogen-bond donors (Lipinski definition) is 1. The van der Waals surface area contributed by atoms with Gasteiger partial charge in [-0.3, -0.25) is 4.90 Å². The van der Waals surface area contributed by atoms with Crippen molar-refractivity contribution in [3.63, 3.8) is 0 Å². The van der Waals surface area contributed by atoms with Crippen molar-refractivity contribution in [2.45, 2.75) is 52.2 Å². The molecule has 2 unspecified atom stereocenters. The van der Waals surface area contributed by atoms with Gasteiger partial charge in [0.05, 0.1) is 0 Å². The summed E-state index contributed by atoms with van der Waals surface area (Å²) in [5, 5.41) is 3.56. The van der Waals surface area contributed by atoms with Crippen LogP contribution in [-0.4, -0.2) is 29.6 Å². The van der Waals surface area contributed by atoms with Crippen molar-refractivity contribution in [2.24, 2.45) is 5.92 Å². The van der Waals surface area contributed by atoms with E-state index in [-0.39, 0.29) is 5.54 Å². The van der Waals surface area contributed by atoms with Gasteiger partial charge in [0, 0.05) is 36.8 Å². The third-order valence-corrected chi connectivity index (χ3v) is 4.56. The van der Waals surface area contributed by atoms with Gasteiger partial charge in [-0.1, -0.05) is 32.4 Å². The topological polar surface area (TPSA) is 15.3 Å². The van der Waals surface area contributed by atoms with E-state index in [1.807, 2.05) is 0 Å². The summed E-state index contributed by atoms with van der Waals surface area (Å²) in [6, 6.07) is 4.79. The molecule has 0 bridgehead atoms. The molecule has 1 heterocycles. The molecule has 0 aliphatic carbocycles.